The molecule has 0 bridgehead atoms. The smallest absolute Gasteiger partial charge is 0.385 e. The van der Waals surface area contributed by atoms with Gasteiger partial charge in [-0.1, -0.05) is 17.7 Å². The lowest BCUT2D eigenvalue weighted by molar-refractivity contribution is -0.137. The molecule has 1 aromatic heterocycles. The molecule has 2 fully saturated rings. The first-order valence-corrected chi connectivity index (χ1v) is 11.0. The number of piperidine rings is 2. The molecule has 0 saturated carbocycles. The highest BCUT2D eigenvalue weighted by atomic mass is 35.5. The molecule has 4 rings (SSSR count). The van der Waals surface area contributed by atoms with E-state index in [1.807, 2.05) is 6.33 Å². The van der Waals surface area contributed by atoms with E-state index in [-0.39, 0.29) is 10.6 Å². The quantitative estimate of drug-likeness (QED) is 0.744. The van der Waals surface area contributed by atoms with Crippen LogP contribution in [0, 0.1) is 0 Å². The molecule has 31 heavy (non-hydrogen) atoms. The summed E-state index contributed by atoms with van der Waals surface area (Å²) in [6.45, 7) is 4.01. The highest BCUT2D eigenvalue weighted by molar-refractivity contribution is 6.31. The lowest BCUT2D eigenvalue weighted by Crippen LogP contribution is -2.42. The molecule has 3 heterocycles. The minimum absolute atomic E-state index is 0.274. The Morgan fingerprint density at radius 2 is 1.84 bits per heavy atom. The van der Waals surface area contributed by atoms with E-state index in [2.05, 4.69) is 32.6 Å². The molecule has 0 unspecified atom stereocenters. The number of hydrogen-bond donors (Lipinski definition) is 1. The molecule has 170 valence electrons. The first-order chi connectivity index (χ1) is 14.6. The van der Waals surface area contributed by atoms with Crippen molar-refractivity contribution in [1.82, 2.24) is 19.4 Å². The van der Waals surface area contributed by atoms with Crippen molar-refractivity contribution in [3.8, 4) is 0 Å². The van der Waals surface area contributed by atoms with Crippen molar-refractivity contribution >= 4 is 11.6 Å². The topological polar surface area (TPSA) is 44.5 Å². The summed E-state index contributed by atoms with van der Waals surface area (Å²) in [5.41, 5.74) is -0.929. The molecule has 0 amide bonds. The third-order valence-corrected chi connectivity index (χ3v) is 6.97. The van der Waals surface area contributed by atoms with E-state index in [1.165, 1.54) is 12.1 Å². The van der Waals surface area contributed by atoms with Crippen LogP contribution < -0.4 is 0 Å². The van der Waals surface area contributed by atoms with E-state index >= 15 is 0 Å². The first-order valence-electron chi connectivity index (χ1n) is 10.7. The standard InChI is InChI=1S/C22H28ClF3N4O/c1-28-8-4-18(5-9-28)30-14-17(27-15-30)13-29-10-6-21(31,7-11-29)16-2-3-20(23)19(12-16)22(24,25)26/h2-3,12,14-15,18,31H,4-11,13H2,1H3. The second-order valence-corrected chi connectivity index (χ2v) is 9.25. The Labute approximate surface area is 185 Å². The van der Waals surface area contributed by atoms with E-state index in [0.29, 0.717) is 38.5 Å². The van der Waals surface area contributed by atoms with Crippen LogP contribution in [0.4, 0.5) is 13.2 Å². The Morgan fingerprint density at radius 3 is 2.48 bits per heavy atom. The van der Waals surface area contributed by atoms with Crippen molar-refractivity contribution in [2.24, 2.45) is 0 Å². The van der Waals surface area contributed by atoms with Gasteiger partial charge >= 0.3 is 6.18 Å². The number of hydrogen-bond acceptors (Lipinski definition) is 4. The van der Waals surface area contributed by atoms with Crippen LogP contribution in [0.1, 0.15) is 48.5 Å². The largest absolute Gasteiger partial charge is 0.417 e. The van der Waals surface area contributed by atoms with Crippen molar-refractivity contribution in [1.29, 1.82) is 0 Å². The normalized spacial score (nSPS) is 21.5. The van der Waals surface area contributed by atoms with Crippen LogP contribution in [0.3, 0.4) is 0 Å². The number of rotatable bonds is 4. The van der Waals surface area contributed by atoms with Gasteiger partial charge < -0.3 is 14.6 Å². The van der Waals surface area contributed by atoms with Crippen LogP contribution in [0.2, 0.25) is 5.02 Å². The predicted molar refractivity (Wildman–Crippen MR) is 113 cm³/mol. The zero-order chi connectivity index (χ0) is 22.2. The Kier molecular flexibility index (Phi) is 6.36. The highest BCUT2D eigenvalue weighted by Crippen LogP contribution is 2.40. The molecule has 0 spiro atoms. The molecule has 5 nitrogen and oxygen atoms in total. The number of halogens is 4. The van der Waals surface area contributed by atoms with Crippen molar-refractivity contribution in [2.75, 3.05) is 33.2 Å². The van der Waals surface area contributed by atoms with Gasteiger partial charge in [-0.25, -0.2) is 4.98 Å². The van der Waals surface area contributed by atoms with Crippen LogP contribution in [-0.2, 0) is 18.3 Å². The van der Waals surface area contributed by atoms with E-state index in [0.717, 1.165) is 37.7 Å². The third-order valence-electron chi connectivity index (χ3n) is 6.64. The minimum Gasteiger partial charge on any atom is -0.385 e. The van der Waals surface area contributed by atoms with Gasteiger partial charge in [-0.3, -0.25) is 4.90 Å². The number of aliphatic hydroxyl groups is 1. The minimum atomic E-state index is -4.54. The number of likely N-dealkylation sites (tertiary alicyclic amines) is 2. The van der Waals surface area contributed by atoms with Crippen LogP contribution in [-0.4, -0.2) is 57.7 Å². The second kappa shape index (κ2) is 8.73. The molecule has 9 heteroatoms. The molecule has 2 aliphatic rings. The van der Waals surface area contributed by atoms with Gasteiger partial charge in [0.2, 0.25) is 0 Å². The fourth-order valence-electron chi connectivity index (χ4n) is 4.58. The van der Waals surface area contributed by atoms with Gasteiger partial charge in [0, 0.05) is 31.9 Å². The molecule has 0 radical (unpaired) electrons. The van der Waals surface area contributed by atoms with Crippen molar-refractivity contribution < 1.29 is 18.3 Å². The summed E-state index contributed by atoms with van der Waals surface area (Å²) >= 11 is 5.72. The zero-order valence-electron chi connectivity index (χ0n) is 17.6. The molecule has 0 atom stereocenters. The van der Waals surface area contributed by atoms with E-state index in [9.17, 15) is 18.3 Å². The van der Waals surface area contributed by atoms with E-state index in [1.54, 1.807) is 0 Å². The van der Waals surface area contributed by atoms with Crippen molar-refractivity contribution in [2.45, 2.75) is 50.0 Å². The Balaban J connectivity index is 1.37. The number of imidazole rings is 1. The van der Waals surface area contributed by atoms with Gasteiger partial charge in [0.25, 0.3) is 0 Å². The second-order valence-electron chi connectivity index (χ2n) is 8.85. The maximum Gasteiger partial charge on any atom is 0.417 e. The summed E-state index contributed by atoms with van der Waals surface area (Å²) < 4.78 is 41.8. The molecule has 2 saturated heterocycles. The average Bonchev–Trinajstić information content (AvgIpc) is 3.18. The summed E-state index contributed by atoms with van der Waals surface area (Å²) in [5, 5.41) is 10.7. The number of alkyl halides is 3. The summed E-state index contributed by atoms with van der Waals surface area (Å²) in [4.78, 5) is 9.08. The molecular formula is C22H28ClF3N4O. The van der Waals surface area contributed by atoms with Crippen LogP contribution in [0.15, 0.2) is 30.7 Å². The maximum absolute atomic E-state index is 13.2. The van der Waals surface area contributed by atoms with Crippen LogP contribution in [0.5, 0.6) is 0 Å². The summed E-state index contributed by atoms with van der Waals surface area (Å²) in [5.74, 6) is 0. The Bertz CT molecular complexity index is 900. The van der Waals surface area contributed by atoms with Crippen molar-refractivity contribution in [3.63, 3.8) is 0 Å². The van der Waals surface area contributed by atoms with Gasteiger partial charge in [0.15, 0.2) is 0 Å². The van der Waals surface area contributed by atoms with Gasteiger partial charge in [-0.05, 0) is 63.5 Å². The zero-order valence-corrected chi connectivity index (χ0v) is 18.3. The number of benzene rings is 1. The fourth-order valence-corrected chi connectivity index (χ4v) is 4.81. The fraction of sp³-hybridized carbons (Fsp3) is 0.591. The van der Waals surface area contributed by atoms with Gasteiger partial charge in [0.1, 0.15) is 0 Å². The average molecular weight is 457 g/mol. The molecule has 1 aromatic carbocycles. The maximum atomic E-state index is 13.2. The van der Waals surface area contributed by atoms with Gasteiger partial charge in [-0.15, -0.1) is 0 Å². The molecular weight excluding hydrogens is 429 g/mol. The van der Waals surface area contributed by atoms with E-state index in [4.69, 9.17) is 11.6 Å². The number of nitrogens with zero attached hydrogens (tertiary/aromatic N) is 4. The Morgan fingerprint density at radius 1 is 1.16 bits per heavy atom. The summed E-state index contributed by atoms with van der Waals surface area (Å²) in [6.07, 6.45) is 2.41. The third kappa shape index (κ3) is 5.08. The lowest BCUT2D eigenvalue weighted by atomic mass is 9.83. The van der Waals surface area contributed by atoms with Gasteiger partial charge in [-0.2, -0.15) is 13.2 Å². The SMILES string of the molecule is CN1CCC(n2cnc(CN3CCC(O)(c4ccc(Cl)c(C(F)(F)F)c4)CC3)c2)CC1. The molecule has 2 aliphatic heterocycles. The first kappa shape index (κ1) is 22.6. The molecule has 1 N–H and O–H groups in total. The predicted octanol–water partition coefficient (Wildman–Crippen LogP) is 4.31. The van der Waals surface area contributed by atoms with Crippen molar-refractivity contribution in [3.05, 3.63) is 52.6 Å². The monoisotopic (exact) mass is 456 g/mol. The van der Waals surface area contributed by atoms with Gasteiger partial charge in [0.05, 0.1) is 28.2 Å². The number of aromatic nitrogens is 2. The Hall–Kier alpha value is -1.61. The molecule has 2 aromatic rings. The summed E-state index contributed by atoms with van der Waals surface area (Å²) in [7, 11) is 2.14. The highest BCUT2D eigenvalue weighted by Gasteiger charge is 2.38. The molecule has 0 aliphatic carbocycles. The van der Waals surface area contributed by atoms with Crippen LogP contribution >= 0.6 is 11.6 Å². The van der Waals surface area contributed by atoms with E-state index < -0.39 is 17.3 Å². The summed E-state index contributed by atoms with van der Waals surface area (Å²) in [6, 6.07) is 4.19. The lowest BCUT2D eigenvalue weighted by Gasteiger charge is -2.38. The van der Waals surface area contributed by atoms with Crippen LogP contribution in [0.25, 0.3) is 0 Å².